The first kappa shape index (κ1) is 21.5. The molecule has 1 fully saturated rings. The van der Waals surface area contributed by atoms with Gasteiger partial charge < -0.3 is 20.5 Å². The third-order valence-electron chi connectivity index (χ3n) is 4.37. The number of carboxylic acids is 1. The second-order valence-corrected chi connectivity index (χ2v) is 6.37. The van der Waals surface area contributed by atoms with Gasteiger partial charge in [-0.25, -0.2) is 0 Å². The minimum atomic E-state index is -0.870. The van der Waals surface area contributed by atoms with Crippen LogP contribution >= 0.6 is 0 Å². The molecule has 25 heavy (non-hydrogen) atoms. The highest BCUT2D eigenvalue weighted by atomic mass is 16.4. The van der Waals surface area contributed by atoms with Crippen LogP contribution in [0.25, 0.3) is 0 Å². The van der Waals surface area contributed by atoms with Crippen LogP contribution < -0.4 is 5.73 Å². The number of rotatable bonds is 9. The summed E-state index contributed by atoms with van der Waals surface area (Å²) in [5, 5.41) is 9.04. The summed E-state index contributed by atoms with van der Waals surface area (Å²) in [5.41, 5.74) is 5.48. The first-order valence-electron chi connectivity index (χ1n) is 8.72. The number of aldehydes is 1. The van der Waals surface area contributed by atoms with E-state index in [4.69, 9.17) is 10.8 Å². The Hall–Kier alpha value is -1.55. The molecule has 0 saturated carbocycles. The van der Waals surface area contributed by atoms with Gasteiger partial charge in [0.05, 0.1) is 19.6 Å². The number of carbonyl (C=O) groups excluding carboxylic acids is 2. The summed E-state index contributed by atoms with van der Waals surface area (Å²) in [6, 6.07) is 0. The Morgan fingerprint density at radius 2 is 1.56 bits per heavy atom. The van der Waals surface area contributed by atoms with Crippen LogP contribution in [0.5, 0.6) is 0 Å². The van der Waals surface area contributed by atoms with E-state index < -0.39 is 5.97 Å². The molecule has 0 aromatic carbocycles. The standard InChI is InChI=1S/C16H31N5O4/c1-18(4-2-3-17)15(23)13-20-7-5-19(11-12-22)6-8-21(10-9-20)14-16(24)25/h12H,2-11,13-14,17H2,1H3,(H,24,25). The van der Waals surface area contributed by atoms with E-state index in [1.54, 1.807) is 11.9 Å². The van der Waals surface area contributed by atoms with Crippen molar-refractivity contribution >= 4 is 18.2 Å². The molecule has 0 spiro atoms. The first-order chi connectivity index (χ1) is 12.0. The van der Waals surface area contributed by atoms with Crippen LogP contribution in [0.3, 0.4) is 0 Å². The highest BCUT2D eigenvalue weighted by Crippen LogP contribution is 2.01. The van der Waals surface area contributed by atoms with E-state index in [0.29, 0.717) is 58.9 Å². The van der Waals surface area contributed by atoms with E-state index in [1.807, 2.05) is 14.7 Å². The van der Waals surface area contributed by atoms with Gasteiger partial charge in [0.2, 0.25) is 5.91 Å². The van der Waals surface area contributed by atoms with Crippen molar-refractivity contribution in [1.29, 1.82) is 0 Å². The zero-order chi connectivity index (χ0) is 18.7. The predicted molar refractivity (Wildman–Crippen MR) is 94.3 cm³/mol. The molecule has 0 aromatic heterocycles. The number of hydrogen-bond donors (Lipinski definition) is 2. The fourth-order valence-corrected chi connectivity index (χ4v) is 2.74. The topological polar surface area (TPSA) is 110 Å². The molecule has 0 atom stereocenters. The van der Waals surface area contributed by atoms with Crippen molar-refractivity contribution in [3.8, 4) is 0 Å². The third kappa shape index (κ3) is 8.92. The van der Waals surface area contributed by atoms with Crippen molar-refractivity contribution in [1.82, 2.24) is 19.6 Å². The van der Waals surface area contributed by atoms with E-state index in [2.05, 4.69) is 0 Å². The molecule has 0 bridgehead atoms. The van der Waals surface area contributed by atoms with Crippen LogP contribution in [0.2, 0.25) is 0 Å². The summed E-state index contributed by atoms with van der Waals surface area (Å²) < 4.78 is 0. The number of carbonyl (C=O) groups is 3. The Bertz CT molecular complexity index is 435. The molecule has 1 amide bonds. The van der Waals surface area contributed by atoms with Gasteiger partial charge in [0.1, 0.15) is 6.29 Å². The second kappa shape index (κ2) is 11.9. The normalized spacial score (nSPS) is 18.2. The number of likely N-dealkylation sites (N-methyl/N-ethyl adjacent to an activating group) is 1. The lowest BCUT2D eigenvalue weighted by Gasteiger charge is -2.26. The van der Waals surface area contributed by atoms with Crippen LogP contribution in [0.15, 0.2) is 0 Å². The van der Waals surface area contributed by atoms with Crippen LogP contribution in [0, 0.1) is 0 Å². The quantitative estimate of drug-likeness (QED) is 0.456. The number of aliphatic carboxylic acids is 1. The monoisotopic (exact) mass is 357 g/mol. The summed E-state index contributed by atoms with van der Waals surface area (Å²) in [6.45, 7) is 5.55. The van der Waals surface area contributed by atoms with Gasteiger partial charge >= 0.3 is 5.97 Å². The molecule has 1 aliphatic rings. The molecule has 144 valence electrons. The summed E-state index contributed by atoms with van der Waals surface area (Å²) in [6.07, 6.45) is 1.62. The molecule has 0 radical (unpaired) electrons. The fourth-order valence-electron chi connectivity index (χ4n) is 2.74. The van der Waals surface area contributed by atoms with E-state index in [1.165, 1.54) is 0 Å². The molecule has 9 heteroatoms. The van der Waals surface area contributed by atoms with Gasteiger partial charge in [0.15, 0.2) is 0 Å². The van der Waals surface area contributed by atoms with Crippen molar-refractivity contribution in [2.45, 2.75) is 6.42 Å². The van der Waals surface area contributed by atoms with Gasteiger partial charge in [-0.2, -0.15) is 0 Å². The SMILES string of the molecule is CN(CCCN)C(=O)CN1CCN(CC=O)CCN(CC(=O)O)CC1. The van der Waals surface area contributed by atoms with Gasteiger partial charge in [-0.15, -0.1) is 0 Å². The molecular weight excluding hydrogens is 326 g/mol. The highest BCUT2D eigenvalue weighted by molar-refractivity contribution is 5.78. The van der Waals surface area contributed by atoms with Crippen molar-refractivity contribution in [2.75, 3.05) is 79.0 Å². The summed E-state index contributed by atoms with van der Waals surface area (Å²) >= 11 is 0. The molecule has 1 heterocycles. The van der Waals surface area contributed by atoms with Crippen molar-refractivity contribution in [3.05, 3.63) is 0 Å². The minimum Gasteiger partial charge on any atom is -0.480 e. The van der Waals surface area contributed by atoms with E-state index in [-0.39, 0.29) is 19.0 Å². The Morgan fingerprint density at radius 1 is 1.04 bits per heavy atom. The highest BCUT2D eigenvalue weighted by Gasteiger charge is 2.20. The van der Waals surface area contributed by atoms with Crippen LogP contribution in [-0.2, 0) is 14.4 Å². The lowest BCUT2D eigenvalue weighted by molar-refractivity contribution is -0.138. The zero-order valence-electron chi connectivity index (χ0n) is 15.1. The maximum Gasteiger partial charge on any atom is 0.317 e. The van der Waals surface area contributed by atoms with Crippen molar-refractivity contribution < 1.29 is 19.5 Å². The minimum absolute atomic E-state index is 0.0272. The molecule has 1 rings (SSSR count). The molecule has 1 aliphatic heterocycles. The first-order valence-corrected chi connectivity index (χ1v) is 8.72. The molecule has 0 aliphatic carbocycles. The molecule has 9 nitrogen and oxygen atoms in total. The zero-order valence-corrected chi connectivity index (χ0v) is 15.1. The number of carboxylic acid groups (broad SMARTS) is 1. The number of nitrogens with zero attached hydrogens (tertiary/aromatic N) is 4. The Morgan fingerprint density at radius 3 is 2.04 bits per heavy atom. The van der Waals surface area contributed by atoms with Crippen LogP contribution in [0.4, 0.5) is 0 Å². The van der Waals surface area contributed by atoms with Gasteiger partial charge in [-0.05, 0) is 13.0 Å². The molecule has 0 unspecified atom stereocenters. The largest absolute Gasteiger partial charge is 0.480 e. The fraction of sp³-hybridized carbons (Fsp3) is 0.812. The maximum absolute atomic E-state index is 12.3. The summed E-state index contributed by atoms with van der Waals surface area (Å²) in [4.78, 5) is 41.7. The number of nitrogens with two attached hydrogens (primary N) is 1. The lowest BCUT2D eigenvalue weighted by atomic mass is 10.3. The average Bonchev–Trinajstić information content (AvgIpc) is 2.65. The Kier molecular flexibility index (Phi) is 10.2. The molecular formula is C16H31N5O4. The van der Waals surface area contributed by atoms with E-state index >= 15 is 0 Å². The predicted octanol–water partition coefficient (Wildman–Crippen LogP) is -2.00. The van der Waals surface area contributed by atoms with Crippen molar-refractivity contribution in [2.24, 2.45) is 5.73 Å². The van der Waals surface area contributed by atoms with Gasteiger partial charge in [0, 0.05) is 52.9 Å². The van der Waals surface area contributed by atoms with E-state index in [0.717, 1.165) is 12.7 Å². The van der Waals surface area contributed by atoms with Crippen molar-refractivity contribution in [3.63, 3.8) is 0 Å². The summed E-state index contributed by atoms with van der Waals surface area (Å²) in [7, 11) is 1.77. The second-order valence-electron chi connectivity index (χ2n) is 6.37. The third-order valence-corrected chi connectivity index (χ3v) is 4.37. The van der Waals surface area contributed by atoms with Gasteiger partial charge in [-0.1, -0.05) is 0 Å². The van der Waals surface area contributed by atoms with Crippen LogP contribution in [-0.4, -0.2) is 122 Å². The maximum atomic E-state index is 12.3. The molecule has 1 saturated heterocycles. The lowest BCUT2D eigenvalue weighted by Crippen LogP contribution is -2.44. The molecule has 3 N–H and O–H groups in total. The Labute approximate surface area is 149 Å². The number of amides is 1. The smallest absolute Gasteiger partial charge is 0.317 e. The Balaban J connectivity index is 2.65. The summed E-state index contributed by atoms with van der Waals surface area (Å²) in [5.74, 6) is -0.843. The van der Waals surface area contributed by atoms with Gasteiger partial charge in [0.25, 0.3) is 0 Å². The number of hydrogen-bond acceptors (Lipinski definition) is 7. The molecule has 0 aromatic rings. The van der Waals surface area contributed by atoms with Crippen LogP contribution in [0.1, 0.15) is 6.42 Å². The van der Waals surface area contributed by atoms with Gasteiger partial charge in [-0.3, -0.25) is 24.3 Å². The average molecular weight is 357 g/mol. The van der Waals surface area contributed by atoms with E-state index in [9.17, 15) is 14.4 Å².